The van der Waals surface area contributed by atoms with Crippen molar-refractivity contribution in [2.75, 3.05) is 7.05 Å². The molecule has 1 saturated carbocycles. The first-order valence-corrected chi connectivity index (χ1v) is 5.32. The molecular weight excluding hydrogens is 206 g/mol. The van der Waals surface area contributed by atoms with Gasteiger partial charge in [-0.2, -0.15) is 0 Å². The van der Waals surface area contributed by atoms with Crippen molar-refractivity contribution < 1.29 is 9.53 Å². The first-order valence-electron chi connectivity index (χ1n) is 5.32. The largest absolute Gasteiger partial charge is 0.488 e. The van der Waals surface area contributed by atoms with E-state index in [9.17, 15) is 4.79 Å². The normalized spacial score (nSPS) is 14.6. The summed E-state index contributed by atoms with van der Waals surface area (Å²) in [5.41, 5.74) is 6.72. The number of aromatic nitrogens is 1. The molecule has 1 aliphatic rings. The number of hydrogen-bond acceptors (Lipinski definition) is 4. The fourth-order valence-electron chi connectivity index (χ4n) is 1.34. The quantitative estimate of drug-likeness (QED) is 0.773. The smallest absolute Gasteiger partial charge is 0.273 e. The minimum absolute atomic E-state index is 0.234. The van der Waals surface area contributed by atoms with Crippen molar-refractivity contribution >= 4 is 5.91 Å². The number of nitrogens with zero attached hydrogens (tertiary/aromatic N) is 1. The Bertz CT molecular complexity index is 402. The Hall–Kier alpha value is -1.62. The molecule has 1 fully saturated rings. The van der Waals surface area contributed by atoms with Crippen LogP contribution in [0.2, 0.25) is 0 Å². The molecule has 1 heterocycles. The van der Waals surface area contributed by atoms with Crippen molar-refractivity contribution in [2.45, 2.75) is 25.5 Å². The van der Waals surface area contributed by atoms with Crippen LogP contribution in [0.3, 0.4) is 0 Å². The van der Waals surface area contributed by atoms with E-state index in [0.717, 1.165) is 18.4 Å². The van der Waals surface area contributed by atoms with Crippen molar-refractivity contribution in [3.8, 4) is 5.75 Å². The molecule has 1 aromatic rings. The van der Waals surface area contributed by atoms with E-state index in [4.69, 9.17) is 10.5 Å². The van der Waals surface area contributed by atoms with Crippen molar-refractivity contribution in [1.82, 2.24) is 10.3 Å². The van der Waals surface area contributed by atoms with E-state index in [2.05, 4.69) is 10.3 Å². The average Bonchev–Trinajstić information content (AvgIpc) is 3.12. The summed E-state index contributed by atoms with van der Waals surface area (Å²) >= 11 is 0. The van der Waals surface area contributed by atoms with Crippen LogP contribution in [0.15, 0.2) is 12.3 Å². The molecule has 0 radical (unpaired) electrons. The Morgan fingerprint density at radius 3 is 3.00 bits per heavy atom. The molecule has 0 atom stereocenters. The lowest BCUT2D eigenvalue weighted by molar-refractivity contribution is 0.0953. The lowest BCUT2D eigenvalue weighted by atomic mass is 10.2. The van der Waals surface area contributed by atoms with Gasteiger partial charge in [-0.15, -0.1) is 0 Å². The average molecular weight is 221 g/mol. The first kappa shape index (κ1) is 10.9. The van der Waals surface area contributed by atoms with Gasteiger partial charge in [0, 0.05) is 19.8 Å². The summed E-state index contributed by atoms with van der Waals surface area (Å²) in [6, 6.07) is 1.79. The second-order valence-corrected chi connectivity index (χ2v) is 3.79. The summed E-state index contributed by atoms with van der Waals surface area (Å²) in [7, 11) is 1.57. The fraction of sp³-hybridized carbons (Fsp3) is 0.455. The molecule has 5 heteroatoms. The number of rotatable bonds is 4. The monoisotopic (exact) mass is 221 g/mol. The molecule has 1 amide bonds. The van der Waals surface area contributed by atoms with Crippen molar-refractivity contribution in [3.63, 3.8) is 0 Å². The van der Waals surface area contributed by atoms with Crippen LogP contribution < -0.4 is 15.8 Å². The number of nitrogens with one attached hydrogen (secondary N) is 1. The Labute approximate surface area is 94.0 Å². The van der Waals surface area contributed by atoms with Gasteiger partial charge in [-0.1, -0.05) is 0 Å². The van der Waals surface area contributed by atoms with Gasteiger partial charge in [-0.25, -0.2) is 4.98 Å². The molecule has 86 valence electrons. The van der Waals surface area contributed by atoms with Crippen LogP contribution in [0, 0.1) is 0 Å². The van der Waals surface area contributed by atoms with Crippen molar-refractivity contribution in [3.05, 3.63) is 23.5 Å². The fourth-order valence-corrected chi connectivity index (χ4v) is 1.34. The predicted molar refractivity (Wildman–Crippen MR) is 59.2 cm³/mol. The van der Waals surface area contributed by atoms with Crippen LogP contribution in [-0.2, 0) is 6.54 Å². The van der Waals surface area contributed by atoms with Crippen LogP contribution in [0.4, 0.5) is 0 Å². The lowest BCUT2D eigenvalue weighted by Gasteiger charge is -2.10. The highest BCUT2D eigenvalue weighted by Gasteiger charge is 2.26. The maximum atomic E-state index is 11.6. The number of pyridine rings is 1. The Morgan fingerprint density at radius 2 is 2.44 bits per heavy atom. The van der Waals surface area contributed by atoms with Crippen LogP contribution >= 0.6 is 0 Å². The van der Waals surface area contributed by atoms with E-state index in [1.54, 1.807) is 19.3 Å². The highest BCUT2D eigenvalue weighted by molar-refractivity contribution is 5.94. The molecule has 5 nitrogen and oxygen atoms in total. The SMILES string of the molecule is CNC(=O)c1ncc(CN)cc1OC1CC1. The highest BCUT2D eigenvalue weighted by Crippen LogP contribution is 2.28. The van der Waals surface area contributed by atoms with Gasteiger partial charge in [0.05, 0.1) is 6.10 Å². The third kappa shape index (κ3) is 2.30. The Morgan fingerprint density at radius 1 is 1.69 bits per heavy atom. The summed E-state index contributed by atoms with van der Waals surface area (Å²) in [6.07, 6.45) is 3.92. The number of hydrogen-bond donors (Lipinski definition) is 2. The summed E-state index contributed by atoms with van der Waals surface area (Å²) in [6.45, 7) is 0.391. The maximum absolute atomic E-state index is 11.6. The second kappa shape index (κ2) is 4.49. The van der Waals surface area contributed by atoms with Gasteiger partial charge in [0.25, 0.3) is 5.91 Å². The molecular formula is C11H15N3O2. The maximum Gasteiger partial charge on any atom is 0.273 e. The minimum atomic E-state index is -0.237. The molecule has 0 bridgehead atoms. The standard InChI is InChI=1S/C11H15N3O2/c1-13-11(15)10-9(16-8-2-3-8)4-7(5-12)6-14-10/h4,6,8H,2-3,5,12H2,1H3,(H,13,15). The summed E-state index contributed by atoms with van der Waals surface area (Å²) < 4.78 is 5.64. The van der Waals surface area contributed by atoms with E-state index in [0.29, 0.717) is 18.0 Å². The first-order chi connectivity index (χ1) is 7.74. The predicted octanol–water partition coefficient (Wildman–Crippen LogP) is 0.441. The molecule has 0 unspecified atom stereocenters. The molecule has 0 saturated heterocycles. The van der Waals surface area contributed by atoms with Gasteiger partial charge < -0.3 is 15.8 Å². The van der Waals surface area contributed by atoms with Gasteiger partial charge in [-0.3, -0.25) is 4.79 Å². The number of amides is 1. The molecule has 1 aromatic heterocycles. The Balaban J connectivity index is 2.29. The zero-order valence-electron chi connectivity index (χ0n) is 9.19. The topological polar surface area (TPSA) is 77.2 Å². The number of carbonyl (C=O) groups is 1. The molecule has 3 N–H and O–H groups in total. The zero-order valence-corrected chi connectivity index (χ0v) is 9.19. The minimum Gasteiger partial charge on any atom is -0.488 e. The van der Waals surface area contributed by atoms with E-state index in [1.807, 2.05) is 0 Å². The number of nitrogens with two attached hydrogens (primary N) is 1. The summed E-state index contributed by atoms with van der Waals surface area (Å²) in [5.74, 6) is 0.295. The molecule has 0 spiro atoms. The summed E-state index contributed by atoms with van der Waals surface area (Å²) in [5, 5.41) is 2.54. The van der Waals surface area contributed by atoms with Crippen LogP contribution in [0.5, 0.6) is 5.75 Å². The van der Waals surface area contributed by atoms with E-state index < -0.39 is 0 Å². The number of carbonyl (C=O) groups excluding carboxylic acids is 1. The van der Waals surface area contributed by atoms with E-state index in [1.165, 1.54) is 0 Å². The van der Waals surface area contributed by atoms with Crippen molar-refractivity contribution in [1.29, 1.82) is 0 Å². The molecule has 2 rings (SSSR count). The van der Waals surface area contributed by atoms with Gasteiger partial charge in [-0.05, 0) is 24.5 Å². The third-order valence-electron chi connectivity index (χ3n) is 2.41. The van der Waals surface area contributed by atoms with Crippen LogP contribution in [0.25, 0.3) is 0 Å². The Kier molecular flexibility index (Phi) is 3.05. The zero-order chi connectivity index (χ0) is 11.5. The van der Waals surface area contributed by atoms with Crippen molar-refractivity contribution in [2.24, 2.45) is 5.73 Å². The van der Waals surface area contributed by atoms with Gasteiger partial charge in [0.2, 0.25) is 0 Å². The molecule has 1 aliphatic carbocycles. The van der Waals surface area contributed by atoms with Gasteiger partial charge >= 0.3 is 0 Å². The van der Waals surface area contributed by atoms with Crippen LogP contribution in [-0.4, -0.2) is 24.0 Å². The third-order valence-corrected chi connectivity index (χ3v) is 2.41. The van der Waals surface area contributed by atoms with E-state index >= 15 is 0 Å². The lowest BCUT2D eigenvalue weighted by Crippen LogP contribution is -2.21. The van der Waals surface area contributed by atoms with Crippen LogP contribution in [0.1, 0.15) is 28.9 Å². The molecule has 16 heavy (non-hydrogen) atoms. The molecule has 0 aliphatic heterocycles. The number of ether oxygens (including phenoxy) is 1. The van der Waals surface area contributed by atoms with Gasteiger partial charge in [0.1, 0.15) is 0 Å². The molecule has 0 aromatic carbocycles. The van der Waals surface area contributed by atoms with Gasteiger partial charge in [0.15, 0.2) is 11.4 Å². The summed E-state index contributed by atoms with van der Waals surface area (Å²) in [4.78, 5) is 15.6. The second-order valence-electron chi connectivity index (χ2n) is 3.79. The van der Waals surface area contributed by atoms with E-state index in [-0.39, 0.29) is 12.0 Å². The highest BCUT2D eigenvalue weighted by atomic mass is 16.5.